The summed E-state index contributed by atoms with van der Waals surface area (Å²) in [4.78, 5) is 30.4. The Hall–Kier alpha value is -3.73. The van der Waals surface area contributed by atoms with E-state index in [2.05, 4.69) is 42.3 Å². The van der Waals surface area contributed by atoms with Gasteiger partial charge in [-0.1, -0.05) is 6.92 Å². The molecule has 4 fully saturated rings. The van der Waals surface area contributed by atoms with Crippen LogP contribution in [0.4, 0.5) is 10.2 Å². The number of anilines is 1. The summed E-state index contributed by atoms with van der Waals surface area (Å²) in [6, 6.07) is 4.40. The van der Waals surface area contributed by atoms with Crippen LogP contribution in [-0.4, -0.2) is 74.7 Å². The monoisotopic (exact) mass is 544 g/mol. The van der Waals surface area contributed by atoms with Gasteiger partial charge < -0.3 is 19.9 Å². The minimum atomic E-state index is -0.363. The van der Waals surface area contributed by atoms with Crippen LogP contribution in [0, 0.1) is 17.2 Å². The van der Waals surface area contributed by atoms with E-state index in [1.165, 1.54) is 24.8 Å². The summed E-state index contributed by atoms with van der Waals surface area (Å²) in [5, 5.41) is 11.6. The molecule has 10 nitrogen and oxygen atoms in total. The summed E-state index contributed by atoms with van der Waals surface area (Å²) < 4.78 is 20.7. The van der Waals surface area contributed by atoms with Gasteiger partial charge in [0.25, 0.3) is 5.88 Å². The van der Waals surface area contributed by atoms with Crippen LogP contribution in [0.25, 0.3) is 11.1 Å². The van der Waals surface area contributed by atoms with Crippen LogP contribution >= 0.6 is 0 Å². The molecular weight excluding hydrogens is 511 g/mol. The van der Waals surface area contributed by atoms with E-state index in [-0.39, 0.29) is 29.1 Å². The van der Waals surface area contributed by atoms with Gasteiger partial charge in [-0.3, -0.25) is 4.79 Å². The molecule has 11 heteroatoms. The number of halogens is 1. The molecule has 0 radical (unpaired) electrons. The van der Waals surface area contributed by atoms with Gasteiger partial charge in [-0.2, -0.15) is 0 Å². The van der Waals surface area contributed by atoms with Gasteiger partial charge in [-0.05, 0) is 62.8 Å². The summed E-state index contributed by atoms with van der Waals surface area (Å²) in [5.74, 6) is 1.99. The van der Waals surface area contributed by atoms with Gasteiger partial charge in [0.15, 0.2) is 5.82 Å². The lowest BCUT2D eigenvalue weighted by atomic mass is 9.72. The lowest BCUT2D eigenvalue weighted by Gasteiger charge is -2.54. The minimum absolute atomic E-state index is 0.0436. The van der Waals surface area contributed by atoms with Gasteiger partial charge in [-0.25, -0.2) is 19.3 Å². The van der Waals surface area contributed by atoms with Crippen molar-refractivity contribution in [1.82, 2.24) is 35.4 Å². The molecule has 3 aromatic rings. The first-order valence-electron chi connectivity index (χ1n) is 14.2. The van der Waals surface area contributed by atoms with Crippen molar-refractivity contribution in [2.75, 3.05) is 37.6 Å². The number of nitrogens with zero attached hydrogens (tertiary/aromatic N) is 7. The average molecular weight is 545 g/mol. The molecule has 40 heavy (non-hydrogen) atoms. The standard InChI is InChI=1S/C29H33FN8O2/c1-18-6-9-32-24(18)28(39)37-10-7-29(8-11-37)14-38(15-29)26-27(36-35-17-34-26)40-23-5-4-20(30)12-21(23)22-13-31-16-33-25(22)19-2-3-19/h4-5,12-13,16-19,24,32H,2-3,6-11,14-15H2,1H3/t18-,24+/m1/s1. The SMILES string of the molecule is C[C@@H]1CCN[C@@H]1C(=O)N1CCC2(CC1)CN(c1ncnnc1Oc1ccc(F)cc1-c1cncnc1C1CC1)C2. The largest absolute Gasteiger partial charge is 0.434 e. The molecule has 1 N–H and O–H groups in total. The van der Waals surface area contributed by atoms with Gasteiger partial charge in [0.05, 0.1) is 11.7 Å². The van der Waals surface area contributed by atoms with E-state index < -0.39 is 0 Å². The molecule has 3 aliphatic heterocycles. The number of benzene rings is 1. The molecule has 208 valence electrons. The molecule has 0 unspecified atom stereocenters. The first-order valence-corrected chi connectivity index (χ1v) is 14.2. The fourth-order valence-electron chi connectivity index (χ4n) is 6.47. The van der Waals surface area contributed by atoms with E-state index in [1.54, 1.807) is 12.3 Å². The third-order valence-corrected chi connectivity index (χ3v) is 9.00. The van der Waals surface area contributed by atoms with Gasteiger partial charge in [0, 0.05) is 54.8 Å². The topological polar surface area (TPSA) is 109 Å². The fraction of sp³-hybridized carbons (Fsp3) is 0.517. The van der Waals surface area contributed by atoms with E-state index in [4.69, 9.17) is 4.74 Å². The number of amides is 1. The molecule has 7 rings (SSSR count). The van der Waals surface area contributed by atoms with Crippen LogP contribution in [0.15, 0.2) is 37.1 Å². The zero-order valence-electron chi connectivity index (χ0n) is 22.6. The van der Waals surface area contributed by atoms with Crippen molar-refractivity contribution in [1.29, 1.82) is 0 Å². The molecule has 4 aliphatic rings. The molecule has 1 amide bonds. The number of aromatic nitrogens is 5. The summed E-state index contributed by atoms with van der Waals surface area (Å²) in [6.07, 6.45) is 9.79. The van der Waals surface area contributed by atoms with Crippen molar-refractivity contribution >= 4 is 11.7 Å². The lowest BCUT2D eigenvalue weighted by molar-refractivity contribution is -0.136. The Labute approximate surface area is 232 Å². The molecule has 5 heterocycles. The highest BCUT2D eigenvalue weighted by Gasteiger charge is 2.47. The van der Waals surface area contributed by atoms with Crippen molar-refractivity contribution in [3.8, 4) is 22.8 Å². The summed E-state index contributed by atoms with van der Waals surface area (Å²) in [5.41, 5.74) is 2.41. The van der Waals surface area contributed by atoms with E-state index in [0.717, 1.165) is 76.1 Å². The summed E-state index contributed by atoms with van der Waals surface area (Å²) >= 11 is 0. The molecule has 1 aliphatic carbocycles. The van der Waals surface area contributed by atoms with Gasteiger partial charge in [-0.15, -0.1) is 10.2 Å². The first kappa shape index (κ1) is 25.3. The first-order chi connectivity index (χ1) is 19.5. The predicted octanol–water partition coefficient (Wildman–Crippen LogP) is 3.56. The van der Waals surface area contributed by atoms with Crippen LogP contribution in [0.5, 0.6) is 11.6 Å². The Balaban J connectivity index is 1.06. The maximum Gasteiger partial charge on any atom is 0.282 e. The Kier molecular flexibility index (Phi) is 6.33. The number of carbonyl (C=O) groups is 1. The number of likely N-dealkylation sites (tertiary alicyclic amines) is 1. The number of ether oxygens (including phenoxy) is 1. The molecule has 1 spiro atoms. The fourth-order valence-corrected chi connectivity index (χ4v) is 6.47. The number of nitrogens with one attached hydrogen (secondary N) is 1. The summed E-state index contributed by atoms with van der Waals surface area (Å²) in [7, 11) is 0. The van der Waals surface area contributed by atoms with E-state index >= 15 is 0 Å². The number of hydrogen-bond donors (Lipinski definition) is 1. The number of carbonyl (C=O) groups excluding carboxylic acids is 1. The molecule has 2 aromatic heterocycles. The third kappa shape index (κ3) is 4.66. The van der Waals surface area contributed by atoms with E-state index in [0.29, 0.717) is 29.0 Å². The van der Waals surface area contributed by atoms with Crippen LogP contribution < -0.4 is 15.0 Å². The van der Waals surface area contributed by atoms with Crippen molar-refractivity contribution < 1.29 is 13.9 Å². The normalized spacial score (nSPS) is 23.8. The lowest BCUT2D eigenvalue weighted by Crippen LogP contribution is -2.62. The molecular formula is C29H33FN8O2. The van der Waals surface area contributed by atoms with Gasteiger partial charge in [0.1, 0.15) is 24.2 Å². The maximum atomic E-state index is 14.4. The second-order valence-electron chi connectivity index (χ2n) is 11.8. The zero-order valence-corrected chi connectivity index (χ0v) is 22.6. The quantitative estimate of drug-likeness (QED) is 0.498. The third-order valence-electron chi connectivity index (χ3n) is 9.00. The Morgan fingerprint density at radius 2 is 1.93 bits per heavy atom. The van der Waals surface area contributed by atoms with E-state index in [1.807, 2.05) is 4.90 Å². The molecule has 3 saturated heterocycles. The van der Waals surface area contributed by atoms with Crippen molar-refractivity contribution in [3.05, 3.63) is 48.6 Å². The van der Waals surface area contributed by atoms with Crippen LogP contribution in [-0.2, 0) is 4.79 Å². The van der Waals surface area contributed by atoms with E-state index in [9.17, 15) is 9.18 Å². The molecule has 0 bridgehead atoms. The smallest absolute Gasteiger partial charge is 0.282 e. The minimum Gasteiger partial charge on any atom is -0.434 e. The predicted molar refractivity (Wildman–Crippen MR) is 145 cm³/mol. The van der Waals surface area contributed by atoms with Gasteiger partial charge in [0.2, 0.25) is 5.91 Å². The Bertz CT molecular complexity index is 1420. The highest BCUT2D eigenvalue weighted by Crippen LogP contribution is 2.47. The van der Waals surface area contributed by atoms with Crippen molar-refractivity contribution in [2.45, 2.75) is 51.0 Å². The maximum absolute atomic E-state index is 14.4. The molecule has 1 aromatic carbocycles. The number of piperidine rings is 1. The second-order valence-corrected chi connectivity index (χ2v) is 11.8. The highest BCUT2D eigenvalue weighted by atomic mass is 19.1. The molecule has 1 saturated carbocycles. The summed E-state index contributed by atoms with van der Waals surface area (Å²) in [6.45, 7) is 6.27. The Morgan fingerprint density at radius 1 is 1.10 bits per heavy atom. The number of rotatable bonds is 6. The molecule has 2 atom stereocenters. The van der Waals surface area contributed by atoms with Gasteiger partial charge >= 0.3 is 0 Å². The van der Waals surface area contributed by atoms with Crippen molar-refractivity contribution in [2.24, 2.45) is 11.3 Å². The zero-order chi connectivity index (χ0) is 27.3. The second kappa shape index (κ2) is 10.0. The van der Waals surface area contributed by atoms with Crippen molar-refractivity contribution in [3.63, 3.8) is 0 Å². The van der Waals surface area contributed by atoms with Crippen LogP contribution in [0.1, 0.15) is 50.6 Å². The van der Waals surface area contributed by atoms with Crippen LogP contribution in [0.2, 0.25) is 0 Å². The average Bonchev–Trinajstić information content (AvgIpc) is 3.72. The highest BCUT2D eigenvalue weighted by molar-refractivity contribution is 5.82. The number of hydrogen-bond acceptors (Lipinski definition) is 9. The van der Waals surface area contributed by atoms with Crippen LogP contribution in [0.3, 0.4) is 0 Å². The Morgan fingerprint density at radius 3 is 2.67 bits per heavy atom.